The van der Waals surface area contributed by atoms with Gasteiger partial charge in [-0.25, -0.2) is 0 Å². The predicted molar refractivity (Wildman–Crippen MR) is 74.6 cm³/mol. The van der Waals surface area contributed by atoms with Gasteiger partial charge in [0.05, 0.1) is 0 Å². The summed E-state index contributed by atoms with van der Waals surface area (Å²) in [4.78, 5) is 0. The lowest BCUT2D eigenvalue weighted by atomic mass is 9.78. The van der Waals surface area contributed by atoms with Gasteiger partial charge in [-0.3, -0.25) is 4.72 Å². The highest BCUT2D eigenvalue weighted by molar-refractivity contribution is 14.2. The summed E-state index contributed by atoms with van der Waals surface area (Å²) in [7, 11) is 1.71. The van der Waals surface area contributed by atoms with Crippen LogP contribution >= 0.6 is 30.3 Å². The number of hydrogen-bond donors (Lipinski definition) is 1. The molecule has 0 atom stereocenters. The minimum atomic E-state index is 0.646. The van der Waals surface area contributed by atoms with E-state index in [0.717, 1.165) is 6.54 Å². The molecular weight excluding hydrogens is 305 g/mol. The molecule has 1 rings (SSSR count). The maximum atomic E-state index is 3.83. The molecule has 0 spiro atoms. The predicted octanol–water partition coefficient (Wildman–Crippen LogP) is 4.49. The fourth-order valence-electron chi connectivity index (χ4n) is 2.51. The van der Waals surface area contributed by atoms with Crippen LogP contribution in [0.3, 0.4) is 0 Å². The third kappa shape index (κ3) is 4.11. The van der Waals surface area contributed by atoms with E-state index in [-0.39, 0.29) is 0 Å². The quantitative estimate of drug-likeness (QED) is 0.320. The fourth-order valence-corrected chi connectivity index (χ4v) is 3.35. The lowest BCUT2D eigenvalue weighted by molar-refractivity contribution is 0.253. The maximum absolute atomic E-state index is 3.83. The second kappa shape index (κ2) is 7.12. The van der Waals surface area contributed by atoms with Crippen LogP contribution in [0.25, 0.3) is 0 Å². The minimum Gasteiger partial charge on any atom is -0.255 e. The molecule has 1 aliphatic carbocycles. The van der Waals surface area contributed by atoms with Crippen molar-refractivity contribution >= 4 is 30.3 Å². The van der Waals surface area contributed by atoms with Crippen LogP contribution in [0.2, 0.25) is 0 Å². The van der Waals surface area contributed by atoms with Gasteiger partial charge in [0.1, 0.15) is 0 Å². The fraction of sp³-hybridized carbons (Fsp3) is 0.818. The Morgan fingerprint density at radius 2 is 2.07 bits per heavy atom. The average Bonchev–Trinajstić information content (AvgIpc) is 2.65. The number of rotatable bonds is 7. The van der Waals surface area contributed by atoms with Crippen LogP contribution in [-0.2, 0) is 0 Å². The summed E-state index contributed by atoms with van der Waals surface area (Å²) in [6.45, 7) is 4.99. The molecule has 1 N–H and O–H groups in total. The van der Waals surface area contributed by atoms with Crippen molar-refractivity contribution in [3.8, 4) is 0 Å². The van der Waals surface area contributed by atoms with Crippen LogP contribution < -0.4 is 4.72 Å². The first kappa shape index (κ1) is 12.8. The Balaban J connectivity index is 2.32. The molecule has 0 radical (unpaired) electrons. The molecule has 14 heavy (non-hydrogen) atoms. The van der Waals surface area contributed by atoms with Crippen LogP contribution in [0.1, 0.15) is 44.9 Å². The van der Waals surface area contributed by atoms with Gasteiger partial charge in [-0.15, -0.1) is 6.58 Å². The van der Waals surface area contributed by atoms with Gasteiger partial charge in [0.2, 0.25) is 0 Å². The molecule has 0 bridgehead atoms. The van der Waals surface area contributed by atoms with Gasteiger partial charge in [0.15, 0.2) is 0 Å². The van der Waals surface area contributed by atoms with Crippen LogP contribution in [0.4, 0.5) is 0 Å². The molecule has 1 fully saturated rings. The van der Waals surface area contributed by atoms with E-state index in [2.05, 4.69) is 38.6 Å². The van der Waals surface area contributed by atoms with Gasteiger partial charge >= 0.3 is 0 Å². The first-order valence-corrected chi connectivity index (χ1v) is 8.80. The highest BCUT2D eigenvalue weighted by atomic mass is 127. The van der Waals surface area contributed by atoms with Crippen LogP contribution in [0, 0.1) is 5.41 Å². The van der Waals surface area contributed by atoms with Gasteiger partial charge in [-0.1, -0.05) is 18.9 Å². The number of allylic oxidation sites excluding steroid dienone is 1. The van der Waals surface area contributed by atoms with Gasteiger partial charge in [0.25, 0.3) is 0 Å². The zero-order valence-electron chi connectivity index (χ0n) is 8.73. The first-order chi connectivity index (χ1) is 6.83. The summed E-state index contributed by atoms with van der Waals surface area (Å²) in [5.41, 5.74) is 0.646. The van der Waals surface area contributed by atoms with Crippen molar-refractivity contribution in [2.75, 3.05) is 6.54 Å². The molecule has 0 amide bonds. The molecule has 0 saturated heterocycles. The van der Waals surface area contributed by atoms with Crippen molar-refractivity contribution < 1.29 is 0 Å². The second-order valence-electron chi connectivity index (χ2n) is 4.26. The molecule has 1 saturated carbocycles. The number of halogens is 1. The summed E-state index contributed by atoms with van der Waals surface area (Å²) >= 11 is 2.30. The van der Waals surface area contributed by atoms with E-state index in [1.54, 1.807) is 9.12 Å². The van der Waals surface area contributed by atoms with E-state index in [4.69, 9.17) is 0 Å². The third-order valence-electron chi connectivity index (χ3n) is 3.35. The Morgan fingerprint density at radius 1 is 1.36 bits per heavy atom. The topological polar surface area (TPSA) is 12.0 Å². The third-order valence-corrected chi connectivity index (χ3v) is 4.60. The molecule has 0 aromatic rings. The lowest BCUT2D eigenvalue weighted by Gasteiger charge is -2.28. The van der Waals surface area contributed by atoms with E-state index in [1.807, 2.05) is 0 Å². The highest BCUT2D eigenvalue weighted by Crippen LogP contribution is 2.44. The molecule has 0 aromatic carbocycles. The maximum Gasteiger partial charge on any atom is 0.0143 e. The van der Waals surface area contributed by atoms with Crippen LogP contribution in [0.5, 0.6) is 0 Å². The van der Waals surface area contributed by atoms with Crippen molar-refractivity contribution in [1.82, 2.24) is 4.72 Å². The number of nitrogens with one attached hydrogen (secondary N) is 1. The Kier molecular flexibility index (Phi) is 6.53. The molecule has 3 heteroatoms. The van der Waals surface area contributed by atoms with Crippen LogP contribution in [0.15, 0.2) is 12.7 Å². The molecule has 0 aromatic heterocycles. The second-order valence-corrected chi connectivity index (χ2v) is 6.02. The zero-order valence-corrected chi connectivity index (χ0v) is 11.7. The zero-order chi connectivity index (χ0) is 10.3. The Hall–Kier alpha value is 0.780. The molecule has 0 unspecified atom stereocenters. The van der Waals surface area contributed by atoms with Crippen molar-refractivity contribution in [1.29, 1.82) is 0 Å². The monoisotopic (exact) mass is 325 g/mol. The standard InChI is InChI=1S/C11H20INS/c1-2-3-6-11(7-4-5-8-11)9-10-13-14-12/h2,13H,1,3-10H2. The summed E-state index contributed by atoms with van der Waals surface area (Å²) in [6, 6.07) is 0. The van der Waals surface area contributed by atoms with E-state index in [9.17, 15) is 0 Å². The van der Waals surface area contributed by atoms with Gasteiger partial charge in [-0.05, 0) is 46.6 Å². The molecule has 0 heterocycles. The smallest absolute Gasteiger partial charge is 0.0143 e. The Morgan fingerprint density at radius 3 is 2.64 bits per heavy atom. The first-order valence-electron chi connectivity index (χ1n) is 5.44. The molecule has 1 aliphatic rings. The van der Waals surface area contributed by atoms with Crippen molar-refractivity contribution in [3.05, 3.63) is 12.7 Å². The lowest BCUT2D eigenvalue weighted by Crippen LogP contribution is -2.21. The normalized spacial score (nSPS) is 19.8. The van der Waals surface area contributed by atoms with Crippen molar-refractivity contribution in [3.63, 3.8) is 0 Å². The minimum absolute atomic E-state index is 0.646. The summed E-state index contributed by atoms with van der Waals surface area (Å²) < 4.78 is 3.35. The molecule has 82 valence electrons. The van der Waals surface area contributed by atoms with Crippen molar-refractivity contribution in [2.45, 2.75) is 44.9 Å². The van der Waals surface area contributed by atoms with Gasteiger partial charge in [0, 0.05) is 27.8 Å². The number of hydrogen-bond acceptors (Lipinski definition) is 2. The van der Waals surface area contributed by atoms with E-state index >= 15 is 0 Å². The van der Waals surface area contributed by atoms with Gasteiger partial charge in [-0.2, -0.15) is 0 Å². The van der Waals surface area contributed by atoms with Crippen LogP contribution in [-0.4, -0.2) is 6.54 Å². The van der Waals surface area contributed by atoms with Gasteiger partial charge < -0.3 is 0 Å². The highest BCUT2D eigenvalue weighted by Gasteiger charge is 2.32. The van der Waals surface area contributed by atoms with E-state index in [0.29, 0.717) is 5.41 Å². The van der Waals surface area contributed by atoms with Crippen molar-refractivity contribution in [2.24, 2.45) is 5.41 Å². The molecule has 0 aliphatic heterocycles. The summed E-state index contributed by atoms with van der Waals surface area (Å²) in [6.07, 6.45) is 11.7. The van der Waals surface area contributed by atoms with E-state index in [1.165, 1.54) is 44.9 Å². The largest absolute Gasteiger partial charge is 0.255 e. The SMILES string of the molecule is C=CCCC1(CCNSI)CCCC1. The average molecular weight is 325 g/mol. The molecule has 1 nitrogen and oxygen atoms in total. The Bertz CT molecular complexity index is 167. The summed E-state index contributed by atoms with van der Waals surface area (Å²) in [5, 5.41) is 0. The molecular formula is C11H20INS. The van der Waals surface area contributed by atoms with E-state index < -0.39 is 0 Å². The Labute approximate surface area is 104 Å². The summed E-state index contributed by atoms with van der Waals surface area (Å²) in [5.74, 6) is 0.